The Hall–Kier alpha value is -0.600. The van der Waals surface area contributed by atoms with Crippen LogP contribution in [0, 0.1) is 0 Å². The van der Waals surface area contributed by atoms with E-state index in [1.807, 2.05) is 6.92 Å². The highest BCUT2D eigenvalue weighted by Crippen LogP contribution is 1.88. The molecule has 0 aromatic heterocycles. The topological polar surface area (TPSA) is 40.5 Å². The molecule has 0 radical (unpaired) electrons. The van der Waals surface area contributed by atoms with Gasteiger partial charge in [-0.25, -0.2) is 0 Å². The molecule has 60 valence electrons. The van der Waals surface area contributed by atoms with E-state index in [1.54, 1.807) is 12.2 Å². The molecule has 10 heavy (non-hydrogen) atoms. The van der Waals surface area contributed by atoms with Gasteiger partial charge in [0.05, 0.1) is 0 Å². The largest absolute Gasteiger partial charge is 0.368 e. The van der Waals surface area contributed by atoms with Crippen molar-refractivity contribution in [1.82, 2.24) is 0 Å². The van der Waals surface area contributed by atoms with Crippen LogP contribution in [0.4, 0.5) is 0 Å². The molecular weight excluding hydrogens is 128 g/mol. The Kier molecular flexibility index (Phi) is 13.6. The van der Waals surface area contributed by atoms with E-state index in [-0.39, 0.29) is 0 Å². The van der Waals surface area contributed by atoms with Crippen molar-refractivity contribution < 1.29 is 10.2 Å². The van der Waals surface area contributed by atoms with E-state index in [0.717, 1.165) is 6.42 Å². The number of hydrogen-bond acceptors (Lipinski definition) is 2. The molecule has 0 bridgehead atoms. The van der Waals surface area contributed by atoms with Gasteiger partial charge in [-0.05, 0) is 6.42 Å². The SMILES string of the molecule is C=CC=C.CCCC(O)O. The molecule has 2 N–H and O–H groups in total. The van der Waals surface area contributed by atoms with Crippen molar-refractivity contribution in [1.29, 1.82) is 0 Å². The van der Waals surface area contributed by atoms with Crippen LogP contribution in [0.5, 0.6) is 0 Å². The van der Waals surface area contributed by atoms with Gasteiger partial charge in [-0.3, -0.25) is 0 Å². The number of aliphatic hydroxyl groups excluding tert-OH is 1. The van der Waals surface area contributed by atoms with E-state index < -0.39 is 6.29 Å². The lowest BCUT2D eigenvalue weighted by atomic mass is 10.3. The first-order chi connectivity index (χ1) is 4.68. The minimum Gasteiger partial charge on any atom is -0.368 e. The monoisotopic (exact) mass is 144 g/mol. The Bertz CT molecular complexity index is 71.3. The van der Waals surface area contributed by atoms with Gasteiger partial charge in [0.1, 0.15) is 0 Å². The van der Waals surface area contributed by atoms with E-state index in [0.29, 0.717) is 6.42 Å². The number of hydrogen-bond donors (Lipinski definition) is 2. The molecule has 0 aromatic carbocycles. The molecule has 2 heteroatoms. The summed E-state index contributed by atoms with van der Waals surface area (Å²) in [6, 6.07) is 0. The molecule has 0 rings (SSSR count). The van der Waals surface area contributed by atoms with Gasteiger partial charge in [-0.1, -0.05) is 38.7 Å². The molecule has 0 aliphatic carbocycles. The molecule has 0 amide bonds. The van der Waals surface area contributed by atoms with Crippen LogP contribution in [0.2, 0.25) is 0 Å². The maximum absolute atomic E-state index is 8.11. The van der Waals surface area contributed by atoms with Crippen LogP contribution in [-0.4, -0.2) is 16.5 Å². The minimum absolute atomic E-state index is 0.486. The highest BCUT2D eigenvalue weighted by molar-refractivity contribution is 4.88. The van der Waals surface area contributed by atoms with Crippen LogP contribution in [-0.2, 0) is 0 Å². The van der Waals surface area contributed by atoms with Crippen molar-refractivity contribution in [3.8, 4) is 0 Å². The Morgan fingerprint density at radius 3 is 1.70 bits per heavy atom. The normalized spacial score (nSPS) is 8.00. The summed E-state index contributed by atoms with van der Waals surface area (Å²) < 4.78 is 0. The third-order valence-corrected chi connectivity index (χ3v) is 0.714. The summed E-state index contributed by atoms with van der Waals surface area (Å²) in [5.41, 5.74) is 0. The fourth-order valence-corrected chi connectivity index (χ4v) is 0.258. The highest BCUT2D eigenvalue weighted by atomic mass is 16.5. The molecule has 0 aromatic rings. The lowest BCUT2D eigenvalue weighted by Crippen LogP contribution is -2.01. The maximum Gasteiger partial charge on any atom is 0.151 e. The summed E-state index contributed by atoms with van der Waals surface area (Å²) in [7, 11) is 0. The molecule has 0 unspecified atom stereocenters. The molecule has 0 saturated heterocycles. The third kappa shape index (κ3) is 26.2. The van der Waals surface area contributed by atoms with Crippen molar-refractivity contribution in [2.45, 2.75) is 26.1 Å². The van der Waals surface area contributed by atoms with Gasteiger partial charge >= 0.3 is 0 Å². The van der Waals surface area contributed by atoms with Crippen LogP contribution in [0.15, 0.2) is 25.3 Å². The van der Waals surface area contributed by atoms with Gasteiger partial charge in [-0.2, -0.15) is 0 Å². The van der Waals surface area contributed by atoms with Gasteiger partial charge in [0.15, 0.2) is 6.29 Å². The second-order valence-electron chi connectivity index (χ2n) is 1.74. The Balaban J connectivity index is 0. The minimum atomic E-state index is -1.10. The summed E-state index contributed by atoms with van der Waals surface area (Å²) in [4.78, 5) is 0. The Morgan fingerprint density at radius 1 is 1.30 bits per heavy atom. The van der Waals surface area contributed by atoms with E-state index in [4.69, 9.17) is 10.2 Å². The Labute approximate surface area is 62.5 Å². The van der Waals surface area contributed by atoms with Gasteiger partial charge < -0.3 is 10.2 Å². The second-order valence-corrected chi connectivity index (χ2v) is 1.74. The van der Waals surface area contributed by atoms with Crippen LogP contribution in [0.1, 0.15) is 19.8 Å². The molecule has 2 nitrogen and oxygen atoms in total. The summed E-state index contributed by atoms with van der Waals surface area (Å²) in [6.45, 7) is 8.62. The molecule has 0 spiro atoms. The second kappa shape index (κ2) is 11.2. The number of aliphatic hydroxyl groups is 2. The van der Waals surface area contributed by atoms with Crippen molar-refractivity contribution in [3.63, 3.8) is 0 Å². The van der Waals surface area contributed by atoms with E-state index in [2.05, 4.69) is 13.2 Å². The number of rotatable bonds is 3. The van der Waals surface area contributed by atoms with Crippen LogP contribution in [0.25, 0.3) is 0 Å². The molecular formula is C8H16O2. The van der Waals surface area contributed by atoms with Crippen LogP contribution >= 0.6 is 0 Å². The van der Waals surface area contributed by atoms with Crippen LogP contribution in [0.3, 0.4) is 0 Å². The lowest BCUT2D eigenvalue weighted by Gasteiger charge is -1.94. The van der Waals surface area contributed by atoms with E-state index in [9.17, 15) is 0 Å². The van der Waals surface area contributed by atoms with Gasteiger partial charge in [0.25, 0.3) is 0 Å². The van der Waals surface area contributed by atoms with E-state index >= 15 is 0 Å². The third-order valence-electron chi connectivity index (χ3n) is 0.714. The zero-order valence-electron chi connectivity index (χ0n) is 6.45. The summed E-state index contributed by atoms with van der Waals surface area (Å²) in [5.74, 6) is 0. The standard InChI is InChI=1S/C4H10O2.C4H6/c1-2-3-4(5)6;1-3-4-2/h4-6H,2-3H2,1H3;3-4H,1-2H2. The van der Waals surface area contributed by atoms with Gasteiger partial charge in [0.2, 0.25) is 0 Å². The average molecular weight is 144 g/mol. The highest BCUT2D eigenvalue weighted by Gasteiger charge is 1.89. The average Bonchev–Trinajstić information content (AvgIpc) is 1.89. The zero-order chi connectivity index (χ0) is 8.41. The molecule has 0 atom stereocenters. The summed E-state index contributed by atoms with van der Waals surface area (Å²) in [6.07, 6.45) is 3.49. The molecule has 0 heterocycles. The van der Waals surface area contributed by atoms with Crippen molar-refractivity contribution >= 4 is 0 Å². The first kappa shape index (κ1) is 12.1. The lowest BCUT2D eigenvalue weighted by molar-refractivity contribution is -0.0453. The first-order valence-electron chi connectivity index (χ1n) is 3.28. The molecule has 0 fully saturated rings. The van der Waals surface area contributed by atoms with Crippen molar-refractivity contribution in [3.05, 3.63) is 25.3 Å². The fraction of sp³-hybridized carbons (Fsp3) is 0.500. The predicted octanol–water partition coefficient (Wildman–Crippen LogP) is 1.46. The maximum atomic E-state index is 8.11. The van der Waals surface area contributed by atoms with E-state index in [1.165, 1.54) is 0 Å². The number of allylic oxidation sites excluding steroid dienone is 2. The zero-order valence-corrected chi connectivity index (χ0v) is 6.45. The fourth-order valence-electron chi connectivity index (χ4n) is 0.258. The smallest absolute Gasteiger partial charge is 0.151 e. The summed E-state index contributed by atoms with van der Waals surface area (Å²) >= 11 is 0. The summed E-state index contributed by atoms with van der Waals surface area (Å²) in [5, 5.41) is 16.2. The van der Waals surface area contributed by atoms with Gasteiger partial charge in [0, 0.05) is 0 Å². The molecule has 0 aliphatic rings. The van der Waals surface area contributed by atoms with Crippen molar-refractivity contribution in [2.75, 3.05) is 0 Å². The van der Waals surface area contributed by atoms with Crippen molar-refractivity contribution in [2.24, 2.45) is 0 Å². The van der Waals surface area contributed by atoms with Gasteiger partial charge in [-0.15, -0.1) is 0 Å². The van der Waals surface area contributed by atoms with Crippen LogP contribution < -0.4 is 0 Å². The molecule has 0 aliphatic heterocycles. The quantitative estimate of drug-likeness (QED) is 0.465. The predicted molar refractivity (Wildman–Crippen MR) is 43.5 cm³/mol. The Morgan fingerprint density at radius 2 is 1.70 bits per heavy atom. The first-order valence-corrected chi connectivity index (χ1v) is 3.28. The molecule has 0 saturated carbocycles.